The van der Waals surface area contributed by atoms with E-state index in [2.05, 4.69) is 25.8 Å². The van der Waals surface area contributed by atoms with Gasteiger partial charge < -0.3 is 23.9 Å². The number of hydrogen-bond acceptors (Lipinski definition) is 6. The third kappa shape index (κ3) is 6.51. The number of piperidine rings is 1. The SMILES string of the molecule is COC(O)(CCCCC1CCCN(C(=O)OC(C)(C)C)C1)c1cccc2nc(C(C)(C)C)oc12. The molecule has 1 aromatic carbocycles. The molecule has 1 saturated heterocycles. The fraction of sp³-hybridized carbons (Fsp3) is 0.704. The maximum atomic E-state index is 12.4. The van der Waals surface area contributed by atoms with Gasteiger partial charge in [-0.25, -0.2) is 9.78 Å². The van der Waals surface area contributed by atoms with Crippen LogP contribution in [-0.2, 0) is 20.7 Å². The van der Waals surface area contributed by atoms with Crippen LogP contribution in [0.3, 0.4) is 0 Å². The highest BCUT2D eigenvalue weighted by Gasteiger charge is 2.34. The van der Waals surface area contributed by atoms with E-state index in [4.69, 9.17) is 13.9 Å². The second kappa shape index (κ2) is 10.2. The Morgan fingerprint density at radius 2 is 1.94 bits per heavy atom. The minimum atomic E-state index is -1.44. The summed E-state index contributed by atoms with van der Waals surface area (Å²) in [5.41, 5.74) is 1.22. The van der Waals surface area contributed by atoms with Gasteiger partial charge in [0.1, 0.15) is 11.1 Å². The number of benzene rings is 1. The minimum absolute atomic E-state index is 0.222. The Balaban J connectivity index is 1.59. The van der Waals surface area contributed by atoms with Gasteiger partial charge in [0, 0.05) is 32.0 Å². The molecule has 2 heterocycles. The lowest BCUT2D eigenvalue weighted by atomic mass is 9.91. The van der Waals surface area contributed by atoms with Crippen LogP contribution in [0, 0.1) is 5.92 Å². The molecule has 0 saturated carbocycles. The monoisotopic (exact) mass is 474 g/mol. The molecule has 190 valence electrons. The first-order chi connectivity index (χ1) is 15.8. The van der Waals surface area contributed by atoms with Crippen molar-refractivity contribution in [1.29, 1.82) is 0 Å². The molecule has 7 heteroatoms. The number of para-hydroxylation sites is 1. The van der Waals surface area contributed by atoms with Crippen molar-refractivity contribution in [3.63, 3.8) is 0 Å². The Kier molecular flexibility index (Phi) is 7.98. The summed E-state index contributed by atoms with van der Waals surface area (Å²) in [7, 11) is 1.53. The van der Waals surface area contributed by atoms with Gasteiger partial charge >= 0.3 is 6.09 Å². The van der Waals surface area contributed by atoms with Crippen LogP contribution in [-0.4, -0.2) is 46.9 Å². The quantitative estimate of drug-likeness (QED) is 0.384. The van der Waals surface area contributed by atoms with Crippen molar-refractivity contribution in [3.8, 4) is 0 Å². The summed E-state index contributed by atoms with van der Waals surface area (Å²) in [6.45, 7) is 13.3. The zero-order valence-electron chi connectivity index (χ0n) is 21.9. The molecule has 7 nitrogen and oxygen atoms in total. The second-order valence-corrected chi connectivity index (χ2v) is 11.6. The van der Waals surface area contributed by atoms with Crippen LogP contribution in [0.1, 0.15) is 91.5 Å². The molecule has 1 aromatic heterocycles. The highest BCUT2D eigenvalue weighted by molar-refractivity contribution is 5.77. The zero-order valence-corrected chi connectivity index (χ0v) is 21.9. The number of fused-ring (bicyclic) bond motifs is 1. The van der Waals surface area contributed by atoms with Crippen LogP contribution < -0.4 is 0 Å². The van der Waals surface area contributed by atoms with E-state index in [1.807, 2.05) is 43.9 Å². The van der Waals surface area contributed by atoms with Gasteiger partial charge in [-0.05, 0) is 64.5 Å². The number of amides is 1. The van der Waals surface area contributed by atoms with Crippen LogP contribution in [0.25, 0.3) is 11.1 Å². The third-order valence-electron chi connectivity index (χ3n) is 6.36. The Labute approximate surface area is 203 Å². The van der Waals surface area contributed by atoms with Gasteiger partial charge in [0.2, 0.25) is 5.89 Å². The standard InChI is InChI=1S/C27H42N2O5/c1-25(2,3)23-28-21-15-10-14-20(22(21)33-23)27(31,32-7)16-9-8-12-19-13-11-17-29(18-19)24(30)34-26(4,5)6/h10,14-15,19,31H,8-9,11-13,16-18H2,1-7H3. The number of ether oxygens (including phenoxy) is 2. The Hall–Kier alpha value is -2.12. The number of likely N-dealkylation sites (tertiary alicyclic amines) is 1. The minimum Gasteiger partial charge on any atom is -0.444 e. The molecule has 0 spiro atoms. The number of aromatic nitrogens is 1. The summed E-state index contributed by atoms with van der Waals surface area (Å²) in [5.74, 6) is -0.354. The van der Waals surface area contributed by atoms with Crippen molar-refractivity contribution >= 4 is 17.2 Å². The highest BCUT2D eigenvalue weighted by atomic mass is 16.6. The van der Waals surface area contributed by atoms with E-state index in [1.54, 1.807) is 0 Å². The fourth-order valence-corrected chi connectivity index (χ4v) is 4.51. The molecular weight excluding hydrogens is 432 g/mol. The second-order valence-electron chi connectivity index (χ2n) is 11.6. The molecule has 2 aromatic rings. The Morgan fingerprint density at radius 1 is 1.21 bits per heavy atom. The van der Waals surface area contributed by atoms with Crippen molar-refractivity contribution in [2.24, 2.45) is 5.92 Å². The van der Waals surface area contributed by atoms with E-state index >= 15 is 0 Å². The third-order valence-corrected chi connectivity index (χ3v) is 6.36. The molecule has 0 radical (unpaired) electrons. The van der Waals surface area contributed by atoms with E-state index in [0.29, 0.717) is 29.4 Å². The van der Waals surface area contributed by atoms with Gasteiger partial charge in [-0.15, -0.1) is 0 Å². The summed E-state index contributed by atoms with van der Waals surface area (Å²) in [6, 6.07) is 5.63. The molecule has 1 N–H and O–H groups in total. The normalized spacial score (nSPS) is 19.3. The van der Waals surface area contributed by atoms with Gasteiger partial charge in [0.15, 0.2) is 11.4 Å². The lowest BCUT2D eigenvalue weighted by Gasteiger charge is -2.34. The van der Waals surface area contributed by atoms with Gasteiger partial charge in [-0.2, -0.15) is 0 Å². The van der Waals surface area contributed by atoms with Gasteiger partial charge in [0.05, 0.1) is 5.56 Å². The Bertz CT molecular complexity index is 972. The summed E-state index contributed by atoms with van der Waals surface area (Å²) in [4.78, 5) is 18.9. The predicted octanol–water partition coefficient (Wildman–Crippen LogP) is 6.12. The van der Waals surface area contributed by atoms with Crippen molar-refractivity contribution in [3.05, 3.63) is 29.7 Å². The van der Waals surface area contributed by atoms with Crippen molar-refractivity contribution in [2.45, 2.75) is 96.9 Å². The lowest BCUT2D eigenvalue weighted by molar-refractivity contribution is -0.199. The number of unbranched alkanes of at least 4 members (excludes halogenated alkanes) is 1. The predicted molar refractivity (Wildman–Crippen MR) is 133 cm³/mol. The molecule has 34 heavy (non-hydrogen) atoms. The molecule has 2 unspecified atom stereocenters. The molecule has 3 rings (SSSR count). The van der Waals surface area contributed by atoms with E-state index in [-0.39, 0.29) is 11.5 Å². The summed E-state index contributed by atoms with van der Waals surface area (Å²) in [6.07, 6.45) is 5.08. The number of carbonyl (C=O) groups is 1. The average molecular weight is 475 g/mol. The largest absolute Gasteiger partial charge is 0.444 e. The Morgan fingerprint density at radius 3 is 2.59 bits per heavy atom. The van der Waals surface area contributed by atoms with E-state index in [1.165, 1.54) is 7.11 Å². The number of nitrogens with zero attached hydrogens (tertiary/aromatic N) is 2. The average Bonchev–Trinajstić information content (AvgIpc) is 3.21. The first-order valence-corrected chi connectivity index (χ1v) is 12.5. The van der Waals surface area contributed by atoms with Gasteiger partial charge in [-0.1, -0.05) is 33.3 Å². The molecular formula is C27H42N2O5. The number of hydrogen-bond donors (Lipinski definition) is 1. The van der Waals surface area contributed by atoms with Crippen LogP contribution >= 0.6 is 0 Å². The maximum absolute atomic E-state index is 12.4. The highest BCUT2D eigenvalue weighted by Crippen LogP contribution is 2.36. The van der Waals surface area contributed by atoms with Gasteiger partial charge in [-0.3, -0.25) is 0 Å². The molecule has 1 fully saturated rings. The number of methoxy groups -OCH3 is 1. The smallest absolute Gasteiger partial charge is 0.410 e. The lowest BCUT2D eigenvalue weighted by Crippen LogP contribution is -2.42. The number of aliphatic hydroxyl groups is 1. The van der Waals surface area contributed by atoms with Crippen molar-refractivity contribution < 1.29 is 23.8 Å². The first kappa shape index (κ1) is 26.5. The molecule has 1 aliphatic rings. The molecule has 1 amide bonds. The molecule has 2 atom stereocenters. The number of carbonyl (C=O) groups excluding carboxylic acids is 1. The molecule has 0 bridgehead atoms. The van der Waals surface area contributed by atoms with Crippen LogP contribution in [0.5, 0.6) is 0 Å². The van der Waals surface area contributed by atoms with Crippen LogP contribution in [0.2, 0.25) is 0 Å². The first-order valence-electron chi connectivity index (χ1n) is 12.5. The van der Waals surface area contributed by atoms with E-state index in [9.17, 15) is 9.90 Å². The molecule has 1 aliphatic heterocycles. The number of oxazole rings is 1. The summed E-state index contributed by atoms with van der Waals surface area (Å²) >= 11 is 0. The number of rotatable bonds is 7. The van der Waals surface area contributed by atoms with Crippen molar-refractivity contribution in [2.75, 3.05) is 20.2 Å². The molecule has 0 aliphatic carbocycles. The van der Waals surface area contributed by atoms with Crippen molar-refractivity contribution in [1.82, 2.24) is 9.88 Å². The summed E-state index contributed by atoms with van der Waals surface area (Å²) in [5, 5.41) is 11.4. The summed E-state index contributed by atoms with van der Waals surface area (Å²) < 4.78 is 17.2. The van der Waals surface area contributed by atoms with E-state index in [0.717, 1.165) is 50.7 Å². The van der Waals surface area contributed by atoms with E-state index < -0.39 is 11.4 Å². The maximum Gasteiger partial charge on any atom is 0.410 e. The fourth-order valence-electron chi connectivity index (χ4n) is 4.51. The van der Waals surface area contributed by atoms with Crippen LogP contribution in [0.15, 0.2) is 22.6 Å². The van der Waals surface area contributed by atoms with Crippen LogP contribution in [0.4, 0.5) is 4.79 Å². The van der Waals surface area contributed by atoms with Gasteiger partial charge in [0.25, 0.3) is 0 Å². The topological polar surface area (TPSA) is 85.0 Å². The zero-order chi connectivity index (χ0) is 25.1.